The summed E-state index contributed by atoms with van der Waals surface area (Å²) < 4.78 is 6.76. The average Bonchev–Trinajstić information content (AvgIpc) is 2.76. The summed E-state index contributed by atoms with van der Waals surface area (Å²) in [6.45, 7) is 6.37. The van der Waals surface area contributed by atoms with Crippen molar-refractivity contribution in [1.82, 2.24) is 5.32 Å². The number of nitrogens with one attached hydrogen (secondary N) is 1. The van der Waals surface area contributed by atoms with E-state index in [-0.39, 0.29) is 0 Å². The van der Waals surface area contributed by atoms with Gasteiger partial charge in [0, 0.05) is 23.7 Å². The van der Waals surface area contributed by atoms with E-state index in [9.17, 15) is 0 Å². The van der Waals surface area contributed by atoms with Crippen LogP contribution < -0.4 is 5.32 Å². The van der Waals surface area contributed by atoms with Gasteiger partial charge in [0.25, 0.3) is 0 Å². The van der Waals surface area contributed by atoms with Gasteiger partial charge in [-0.1, -0.05) is 35.0 Å². The van der Waals surface area contributed by atoms with Crippen molar-refractivity contribution in [2.75, 3.05) is 13.2 Å². The van der Waals surface area contributed by atoms with Crippen molar-refractivity contribution in [2.45, 2.75) is 38.8 Å². The van der Waals surface area contributed by atoms with Crippen LogP contribution in [-0.4, -0.2) is 19.3 Å². The average molecular weight is 312 g/mol. The second kappa shape index (κ2) is 6.69. The van der Waals surface area contributed by atoms with E-state index in [0.29, 0.717) is 18.1 Å². The van der Waals surface area contributed by atoms with Gasteiger partial charge < -0.3 is 10.1 Å². The zero-order valence-electron chi connectivity index (χ0n) is 11.2. The van der Waals surface area contributed by atoms with Gasteiger partial charge in [-0.05, 0) is 43.4 Å². The Bertz CT molecular complexity index is 383. The lowest BCUT2D eigenvalue weighted by atomic mass is 10.00. The van der Waals surface area contributed by atoms with Crippen molar-refractivity contribution in [2.24, 2.45) is 5.92 Å². The van der Waals surface area contributed by atoms with Gasteiger partial charge in [-0.3, -0.25) is 0 Å². The van der Waals surface area contributed by atoms with Crippen molar-refractivity contribution in [3.8, 4) is 0 Å². The lowest BCUT2D eigenvalue weighted by Gasteiger charge is -2.21. The fourth-order valence-electron chi connectivity index (χ4n) is 2.56. The SMILES string of the molecule is CCC(NCC1CCOC1C)c1cccc(Br)c1. The third-order valence-electron chi connectivity index (χ3n) is 3.82. The van der Waals surface area contributed by atoms with E-state index in [1.54, 1.807) is 0 Å². The normalized spacial score (nSPS) is 25.3. The van der Waals surface area contributed by atoms with Crippen molar-refractivity contribution in [3.05, 3.63) is 34.3 Å². The van der Waals surface area contributed by atoms with Gasteiger partial charge in [0.1, 0.15) is 0 Å². The van der Waals surface area contributed by atoms with Crippen molar-refractivity contribution >= 4 is 15.9 Å². The molecule has 3 unspecified atom stereocenters. The molecule has 100 valence electrons. The molecule has 0 aliphatic carbocycles. The molecule has 1 fully saturated rings. The van der Waals surface area contributed by atoms with Crippen molar-refractivity contribution in [1.29, 1.82) is 0 Å². The molecular formula is C15H22BrNO. The van der Waals surface area contributed by atoms with E-state index in [0.717, 1.165) is 24.0 Å². The monoisotopic (exact) mass is 311 g/mol. The molecule has 2 rings (SSSR count). The summed E-state index contributed by atoms with van der Waals surface area (Å²) in [6, 6.07) is 9.01. The molecule has 3 atom stereocenters. The number of hydrogen-bond acceptors (Lipinski definition) is 2. The molecule has 1 aliphatic heterocycles. The highest BCUT2D eigenvalue weighted by atomic mass is 79.9. The minimum absolute atomic E-state index is 0.400. The summed E-state index contributed by atoms with van der Waals surface area (Å²) in [5.41, 5.74) is 1.36. The van der Waals surface area contributed by atoms with Crippen molar-refractivity contribution in [3.63, 3.8) is 0 Å². The van der Waals surface area contributed by atoms with Gasteiger partial charge in [0.15, 0.2) is 0 Å². The highest BCUT2D eigenvalue weighted by Crippen LogP contribution is 2.23. The van der Waals surface area contributed by atoms with Crippen LogP contribution in [0.2, 0.25) is 0 Å². The molecule has 1 aromatic carbocycles. The minimum Gasteiger partial charge on any atom is -0.378 e. The van der Waals surface area contributed by atoms with Gasteiger partial charge >= 0.3 is 0 Å². The van der Waals surface area contributed by atoms with E-state index >= 15 is 0 Å². The van der Waals surface area contributed by atoms with Crippen LogP contribution >= 0.6 is 15.9 Å². The number of halogens is 1. The Hall–Kier alpha value is -0.380. The Morgan fingerprint density at radius 3 is 2.94 bits per heavy atom. The molecule has 18 heavy (non-hydrogen) atoms. The van der Waals surface area contributed by atoms with E-state index in [1.165, 1.54) is 12.0 Å². The Kier molecular flexibility index (Phi) is 5.22. The Morgan fingerprint density at radius 1 is 1.50 bits per heavy atom. The van der Waals surface area contributed by atoms with Gasteiger partial charge in [-0.25, -0.2) is 0 Å². The standard InChI is InChI=1S/C15H22BrNO/c1-3-15(12-5-4-6-14(16)9-12)17-10-13-7-8-18-11(13)2/h4-6,9,11,13,15,17H,3,7-8,10H2,1-2H3. The Labute approximate surface area is 118 Å². The highest BCUT2D eigenvalue weighted by Gasteiger charge is 2.24. The lowest BCUT2D eigenvalue weighted by molar-refractivity contribution is 0.105. The molecule has 1 aromatic rings. The van der Waals surface area contributed by atoms with Crippen LogP contribution in [-0.2, 0) is 4.74 Å². The predicted octanol–water partition coefficient (Wildman–Crippen LogP) is 3.91. The van der Waals surface area contributed by atoms with Crippen LogP contribution in [0.5, 0.6) is 0 Å². The summed E-state index contributed by atoms with van der Waals surface area (Å²) in [6.07, 6.45) is 2.69. The third kappa shape index (κ3) is 3.56. The first-order chi connectivity index (χ1) is 8.70. The molecule has 0 saturated carbocycles. The molecule has 0 spiro atoms. The first-order valence-electron chi connectivity index (χ1n) is 6.81. The molecule has 3 heteroatoms. The molecule has 0 bridgehead atoms. The van der Waals surface area contributed by atoms with Gasteiger partial charge in [-0.15, -0.1) is 0 Å². The maximum Gasteiger partial charge on any atom is 0.0588 e. The van der Waals surface area contributed by atoms with Crippen molar-refractivity contribution < 1.29 is 4.74 Å². The predicted molar refractivity (Wildman–Crippen MR) is 78.7 cm³/mol. The number of benzene rings is 1. The van der Waals surface area contributed by atoms with Crippen LogP contribution in [0.3, 0.4) is 0 Å². The van der Waals surface area contributed by atoms with Crippen LogP contribution in [0, 0.1) is 5.92 Å². The van der Waals surface area contributed by atoms with E-state index < -0.39 is 0 Å². The largest absolute Gasteiger partial charge is 0.378 e. The molecule has 1 heterocycles. The molecule has 2 nitrogen and oxygen atoms in total. The Morgan fingerprint density at radius 2 is 2.33 bits per heavy atom. The van der Waals surface area contributed by atoms with E-state index in [1.807, 2.05) is 0 Å². The highest BCUT2D eigenvalue weighted by molar-refractivity contribution is 9.10. The number of hydrogen-bond donors (Lipinski definition) is 1. The van der Waals surface area contributed by atoms with Crippen LogP contribution in [0.4, 0.5) is 0 Å². The quantitative estimate of drug-likeness (QED) is 0.890. The van der Waals surface area contributed by atoms with E-state index in [4.69, 9.17) is 4.74 Å². The molecule has 1 N–H and O–H groups in total. The number of ether oxygens (including phenoxy) is 1. The van der Waals surface area contributed by atoms with Crippen LogP contribution in [0.25, 0.3) is 0 Å². The zero-order valence-corrected chi connectivity index (χ0v) is 12.7. The van der Waals surface area contributed by atoms with Gasteiger partial charge in [0.05, 0.1) is 6.10 Å². The molecule has 0 amide bonds. The van der Waals surface area contributed by atoms with Gasteiger partial charge in [-0.2, -0.15) is 0 Å². The molecular weight excluding hydrogens is 290 g/mol. The fraction of sp³-hybridized carbons (Fsp3) is 0.600. The second-order valence-electron chi connectivity index (χ2n) is 5.05. The minimum atomic E-state index is 0.400. The zero-order chi connectivity index (χ0) is 13.0. The first-order valence-corrected chi connectivity index (χ1v) is 7.60. The maximum absolute atomic E-state index is 5.61. The first kappa shape index (κ1) is 14.0. The Balaban J connectivity index is 1.93. The fourth-order valence-corrected chi connectivity index (χ4v) is 2.98. The second-order valence-corrected chi connectivity index (χ2v) is 5.96. The maximum atomic E-state index is 5.61. The van der Waals surface area contributed by atoms with E-state index in [2.05, 4.69) is 59.4 Å². The molecule has 1 aliphatic rings. The summed E-state index contributed by atoms with van der Waals surface area (Å²) >= 11 is 3.54. The molecule has 1 saturated heterocycles. The van der Waals surface area contributed by atoms with Crippen LogP contribution in [0.15, 0.2) is 28.7 Å². The van der Waals surface area contributed by atoms with Gasteiger partial charge in [0.2, 0.25) is 0 Å². The molecule has 0 aromatic heterocycles. The summed E-state index contributed by atoms with van der Waals surface area (Å²) in [4.78, 5) is 0. The third-order valence-corrected chi connectivity index (χ3v) is 4.31. The lowest BCUT2D eigenvalue weighted by Crippen LogP contribution is -2.30. The smallest absolute Gasteiger partial charge is 0.0588 e. The summed E-state index contributed by atoms with van der Waals surface area (Å²) in [5.74, 6) is 0.659. The topological polar surface area (TPSA) is 21.3 Å². The molecule has 0 radical (unpaired) electrons. The summed E-state index contributed by atoms with van der Waals surface area (Å²) in [7, 11) is 0. The van der Waals surface area contributed by atoms with Crippen LogP contribution in [0.1, 0.15) is 38.3 Å². The number of rotatable bonds is 5. The summed E-state index contributed by atoms with van der Waals surface area (Å²) in [5, 5.41) is 3.68.